The second-order valence-electron chi connectivity index (χ2n) is 7.93. The van der Waals surface area contributed by atoms with Crippen molar-refractivity contribution in [1.82, 2.24) is 9.55 Å². The number of piperidine rings is 1. The van der Waals surface area contributed by atoms with E-state index in [-0.39, 0.29) is 17.3 Å². The van der Waals surface area contributed by atoms with Gasteiger partial charge in [-0.1, -0.05) is 24.3 Å². The minimum absolute atomic E-state index is 0.0669. The van der Waals surface area contributed by atoms with Crippen molar-refractivity contribution in [3.8, 4) is 22.4 Å². The molecule has 0 bridgehead atoms. The SMILES string of the molecule is [C-]#[N+]c1ccc(-c2nc(N3CCC(N)CC3)n(C)c(=O)c2-c2ccc(NC)cc2)cc1F. The summed E-state index contributed by atoms with van der Waals surface area (Å²) in [5, 5.41) is 3.06. The predicted molar refractivity (Wildman–Crippen MR) is 126 cm³/mol. The normalized spacial score (nSPS) is 14.3. The van der Waals surface area contributed by atoms with Crippen LogP contribution in [0.1, 0.15) is 12.8 Å². The molecule has 0 atom stereocenters. The highest BCUT2D eigenvalue weighted by Crippen LogP contribution is 2.33. The molecule has 1 aliphatic rings. The van der Waals surface area contributed by atoms with Crippen LogP contribution in [0.4, 0.5) is 21.7 Å². The summed E-state index contributed by atoms with van der Waals surface area (Å²) in [5.74, 6) is -0.107. The van der Waals surface area contributed by atoms with Crippen LogP contribution < -0.4 is 21.5 Å². The van der Waals surface area contributed by atoms with Gasteiger partial charge >= 0.3 is 0 Å². The average molecular weight is 433 g/mol. The fraction of sp³-hybridized carbons (Fsp3) is 0.292. The maximum absolute atomic E-state index is 14.5. The van der Waals surface area contributed by atoms with Gasteiger partial charge in [-0.2, -0.15) is 0 Å². The summed E-state index contributed by atoms with van der Waals surface area (Å²) in [4.78, 5) is 23.7. The molecule has 0 aliphatic carbocycles. The van der Waals surface area contributed by atoms with Crippen molar-refractivity contribution >= 4 is 17.3 Å². The van der Waals surface area contributed by atoms with Gasteiger partial charge in [-0.25, -0.2) is 14.2 Å². The highest BCUT2D eigenvalue weighted by atomic mass is 19.1. The Balaban J connectivity index is 1.93. The lowest BCUT2D eigenvalue weighted by Gasteiger charge is -2.32. The number of benzene rings is 2. The van der Waals surface area contributed by atoms with E-state index in [0.717, 1.165) is 18.5 Å². The molecular weight excluding hydrogens is 407 g/mol. The Morgan fingerprint density at radius 2 is 1.81 bits per heavy atom. The molecule has 4 rings (SSSR count). The van der Waals surface area contributed by atoms with Crippen LogP contribution in [0, 0.1) is 12.4 Å². The van der Waals surface area contributed by atoms with Gasteiger partial charge in [0.1, 0.15) is 5.82 Å². The van der Waals surface area contributed by atoms with Gasteiger partial charge in [0, 0.05) is 44.5 Å². The van der Waals surface area contributed by atoms with Crippen LogP contribution in [0.2, 0.25) is 0 Å². The highest BCUT2D eigenvalue weighted by molar-refractivity contribution is 5.82. The molecule has 0 radical (unpaired) electrons. The second-order valence-corrected chi connectivity index (χ2v) is 7.93. The van der Waals surface area contributed by atoms with E-state index in [1.807, 2.05) is 36.2 Å². The van der Waals surface area contributed by atoms with Crippen molar-refractivity contribution in [2.24, 2.45) is 12.8 Å². The van der Waals surface area contributed by atoms with E-state index in [1.165, 1.54) is 12.1 Å². The van der Waals surface area contributed by atoms with Gasteiger partial charge in [0.25, 0.3) is 5.56 Å². The molecule has 1 aliphatic heterocycles. The highest BCUT2D eigenvalue weighted by Gasteiger charge is 2.24. The van der Waals surface area contributed by atoms with Crippen LogP contribution >= 0.6 is 0 Å². The smallest absolute Gasteiger partial charge is 0.263 e. The van der Waals surface area contributed by atoms with E-state index < -0.39 is 5.82 Å². The predicted octanol–water partition coefficient (Wildman–Crippen LogP) is 3.77. The summed E-state index contributed by atoms with van der Waals surface area (Å²) in [6.07, 6.45) is 1.62. The Bertz CT molecular complexity index is 1240. The van der Waals surface area contributed by atoms with Gasteiger partial charge < -0.3 is 16.0 Å². The molecule has 1 fully saturated rings. The van der Waals surface area contributed by atoms with Crippen LogP contribution in [0.25, 0.3) is 27.2 Å². The first-order valence-corrected chi connectivity index (χ1v) is 10.5. The third kappa shape index (κ3) is 3.95. The number of aromatic nitrogens is 2. The van der Waals surface area contributed by atoms with E-state index in [2.05, 4.69) is 10.2 Å². The zero-order valence-electron chi connectivity index (χ0n) is 18.1. The van der Waals surface area contributed by atoms with E-state index in [0.29, 0.717) is 41.4 Å². The zero-order chi connectivity index (χ0) is 22.8. The Labute approximate surface area is 186 Å². The number of hydrogen-bond acceptors (Lipinski definition) is 5. The van der Waals surface area contributed by atoms with E-state index in [1.54, 1.807) is 17.7 Å². The van der Waals surface area contributed by atoms with Gasteiger partial charge in [-0.05, 0) is 36.6 Å². The van der Waals surface area contributed by atoms with Gasteiger partial charge in [-0.3, -0.25) is 9.36 Å². The lowest BCUT2D eigenvalue weighted by Crippen LogP contribution is -2.42. The third-order valence-electron chi connectivity index (χ3n) is 5.89. The number of halogens is 1. The molecular formula is C24H25FN6O. The summed E-state index contributed by atoms with van der Waals surface area (Å²) in [6, 6.07) is 11.9. The Morgan fingerprint density at radius 1 is 1.16 bits per heavy atom. The molecule has 0 unspecified atom stereocenters. The molecule has 0 amide bonds. The molecule has 2 aromatic carbocycles. The minimum Gasteiger partial charge on any atom is -0.388 e. The molecule has 0 saturated carbocycles. The van der Waals surface area contributed by atoms with Crippen LogP contribution in [0.5, 0.6) is 0 Å². The van der Waals surface area contributed by atoms with Crippen LogP contribution in [0.15, 0.2) is 47.3 Å². The van der Waals surface area contributed by atoms with Crippen molar-refractivity contribution < 1.29 is 4.39 Å². The molecule has 8 heteroatoms. The van der Waals surface area contributed by atoms with Crippen molar-refractivity contribution in [3.05, 3.63) is 70.1 Å². The molecule has 1 saturated heterocycles. The molecule has 3 N–H and O–H groups in total. The maximum atomic E-state index is 14.5. The number of rotatable bonds is 4. The van der Waals surface area contributed by atoms with Crippen molar-refractivity contribution in [2.75, 3.05) is 30.4 Å². The summed E-state index contributed by atoms with van der Waals surface area (Å²) < 4.78 is 16.0. The van der Waals surface area contributed by atoms with Crippen LogP contribution in [-0.2, 0) is 7.05 Å². The second kappa shape index (κ2) is 8.81. The summed E-state index contributed by atoms with van der Waals surface area (Å²) in [7, 11) is 3.53. The first-order chi connectivity index (χ1) is 15.4. The van der Waals surface area contributed by atoms with Gasteiger partial charge in [0.15, 0.2) is 0 Å². The van der Waals surface area contributed by atoms with Crippen LogP contribution in [-0.4, -0.2) is 35.7 Å². The molecule has 1 aromatic heterocycles. The number of nitrogens with zero attached hydrogens (tertiary/aromatic N) is 4. The van der Waals surface area contributed by atoms with E-state index >= 15 is 0 Å². The Hall–Kier alpha value is -3.70. The first kappa shape index (κ1) is 21.5. The lowest BCUT2D eigenvalue weighted by molar-refractivity contribution is 0.490. The number of nitrogens with one attached hydrogen (secondary N) is 1. The van der Waals surface area contributed by atoms with Crippen molar-refractivity contribution in [1.29, 1.82) is 0 Å². The zero-order valence-corrected chi connectivity index (χ0v) is 18.1. The third-order valence-corrected chi connectivity index (χ3v) is 5.89. The molecule has 3 aromatic rings. The van der Waals surface area contributed by atoms with E-state index in [4.69, 9.17) is 17.3 Å². The number of anilines is 2. The quantitative estimate of drug-likeness (QED) is 0.614. The summed E-state index contributed by atoms with van der Waals surface area (Å²) in [6.45, 7) is 8.51. The maximum Gasteiger partial charge on any atom is 0.263 e. The molecule has 2 heterocycles. The minimum atomic E-state index is -0.637. The monoisotopic (exact) mass is 432 g/mol. The van der Waals surface area contributed by atoms with Crippen LogP contribution in [0.3, 0.4) is 0 Å². The standard InChI is InChI=1S/C24H25FN6O/c1-27-18-7-4-15(5-8-18)21-22(16-6-9-20(28-2)19(25)14-16)29-24(30(3)23(21)32)31-12-10-17(26)11-13-31/h4-9,14,17,27H,10-13,26H2,1,3H3. The molecule has 0 spiro atoms. The van der Waals surface area contributed by atoms with Crippen molar-refractivity contribution in [2.45, 2.75) is 18.9 Å². The fourth-order valence-corrected chi connectivity index (χ4v) is 3.99. The Morgan fingerprint density at radius 3 is 2.41 bits per heavy atom. The molecule has 32 heavy (non-hydrogen) atoms. The average Bonchev–Trinajstić information content (AvgIpc) is 2.81. The lowest BCUT2D eigenvalue weighted by atomic mass is 9.99. The number of nitrogens with two attached hydrogens (primary N) is 1. The topological polar surface area (TPSA) is 80.5 Å². The fourth-order valence-electron chi connectivity index (χ4n) is 3.99. The summed E-state index contributed by atoms with van der Waals surface area (Å²) >= 11 is 0. The van der Waals surface area contributed by atoms with Gasteiger partial charge in [0.05, 0.1) is 17.8 Å². The van der Waals surface area contributed by atoms with Gasteiger partial charge in [0.2, 0.25) is 11.6 Å². The van der Waals surface area contributed by atoms with Gasteiger partial charge in [-0.15, -0.1) is 0 Å². The molecule has 164 valence electrons. The Kier molecular flexibility index (Phi) is 5.93. The first-order valence-electron chi connectivity index (χ1n) is 10.5. The summed E-state index contributed by atoms with van der Waals surface area (Å²) in [5.41, 5.74) is 8.60. The van der Waals surface area contributed by atoms with Crippen molar-refractivity contribution in [3.63, 3.8) is 0 Å². The molecule has 7 nitrogen and oxygen atoms in total. The number of hydrogen-bond donors (Lipinski definition) is 2. The largest absolute Gasteiger partial charge is 0.388 e. The van der Waals surface area contributed by atoms with E-state index in [9.17, 15) is 9.18 Å².